The molecule has 2 aromatic heterocycles. The van der Waals surface area contributed by atoms with Crippen molar-refractivity contribution in [3.63, 3.8) is 0 Å². The van der Waals surface area contributed by atoms with Gasteiger partial charge in [0.2, 0.25) is 0 Å². The maximum Gasteiger partial charge on any atom is 0.268 e. The van der Waals surface area contributed by atoms with Gasteiger partial charge in [-0.05, 0) is 62.0 Å². The lowest BCUT2D eigenvalue weighted by atomic mass is 10.0. The van der Waals surface area contributed by atoms with E-state index in [1.807, 2.05) is 36.0 Å². The van der Waals surface area contributed by atoms with Crippen LogP contribution in [-0.4, -0.2) is 58.7 Å². The second-order valence-corrected chi connectivity index (χ2v) is 9.61. The molecule has 0 saturated carbocycles. The van der Waals surface area contributed by atoms with Crippen molar-refractivity contribution in [3.05, 3.63) is 53.1 Å². The molecule has 0 aromatic carbocycles. The first kappa shape index (κ1) is 23.4. The van der Waals surface area contributed by atoms with Gasteiger partial charge in [0.25, 0.3) is 5.91 Å². The average Bonchev–Trinajstić information content (AvgIpc) is 3.47. The molecule has 2 aliphatic rings. The summed E-state index contributed by atoms with van der Waals surface area (Å²) in [5.41, 5.74) is 10.7. The molecule has 0 radical (unpaired) electrons. The van der Waals surface area contributed by atoms with Crippen molar-refractivity contribution >= 4 is 29.4 Å². The molecule has 2 aliphatic heterocycles. The molecule has 0 bridgehead atoms. The van der Waals surface area contributed by atoms with Crippen LogP contribution in [0.15, 0.2) is 46.1 Å². The lowest BCUT2D eigenvalue weighted by Gasteiger charge is -2.28. The molecule has 2 aromatic rings. The molecule has 8 nitrogen and oxygen atoms in total. The fraction of sp³-hybridized carbons (Fsp3) is 0.458. The second-order valence-electron chi connectivity index (χ2n) is 8.47. The van der Waals surface area contributed by atoms with Crippen molar-refractivity contribution in [1.29, 1.82) is 0 Å². The number of piperidine rings is 1. The number of nitrogens with one attached hydrogen (secondary N) is 1. The van der Waals surface area contributed by atoms with E-state index in [0.29, 0.717) is 12.2 Å². The molecule has 176 valence electrons. The molecule has 9 heteroatoms. The highest BCUT2D eigenvalue weighted by atomic mass is 32.2. The SMILES string of the molecule is CN=C1CN(Sc2cc(C(=O)NCc3cccnc3N3CCCC3)n(C)c2C)CC/C1=C/N. The Morgan fingerprint density at radius 1 is 1.33 bits per heavy atom. The highest BCUT2D eigenvalue weighted by Gasteiger charge is 2.23. The number of carbonyl (C=O) groups excluding carboxylic acids is 1. The van der Waals surface area contributed by atoms with Crippen LogP contribution in [0.2, 0.25) is 0 Å². The molecule has 0 atom stereocenters. The van der Waals surface area contributed by atoms with E-state index in [-0.39, 0.29) is 5.91 Å². The number of carbonyl (C=O) groups is 1. The number of rotatable bonds is 6. The maximum atomic E-state index is 13.1. The average molecular weight is 468 g/mol. The van der Waals surface area contributed by atoms with Gasteiger partial charge in [0, 0.05) is 62.6 Å². The van der Waals surface area contributed by atoms with Gasteiger partial charge in [-0.3, -0.25) is 9.79 Å². The molecule has 0 unspecified atom stereocenters. The topological polar surface area (TPSA) is 91.8 Å². The van der Waals surface area contributed by atoms with Crippen LogP contribution in [0, 0.1) is 6.92 Å². The molecule has 3 N–H and O–H groups in total. The van der Waals surface area contributed by atoms with Gasteiger partial charge in [-0.2, -0.15) is 0 Å². The highest BCUT2D eigenvalue weighted by molar-refractivity contribution is 7.97. The van der Waals surface area contributed by atoms with Crippen molar-refractivity contribution in [2.45, 2.75) is 37.6 Å². The van der Waals surface area contributed by atoms with E-state index in [0.717, 1.165) is 65.9 Å². The zero-order valence-electron chi connectivity index (χ0n) is 19.7. The van der Waals surface area contributed by atoms with E-state index >= 15 is 0 Å². The summed E-state index contributed by atoms with van der Waals surface area (Å²) in [5, 5.41) is 3.10. The van der Waals surface area contributed by atoms with Crippen molar-refractivity contribution in [3.8, 4) is 0 Å². The van der Waals surface area contributed by atoms with Gasteiger partial charge in [0.15, 0.2) is 0 Å². The van der Waals surface area contributed by atoms with Crippen LogP contribution in [0.4, 0.5) is 5.82 Å². The summed E-state index contributed by atoms with van der Waals surface area (Å²) in [4.78, 5) is 25.4. The maximum absolute atomic E-state index is 13.1. The zero-order chi connectivity index (χ0) is 23.4. The first-order chi connectivity index (χ1) is 16.0. The normalized spacial score (nSPS) is 19.5. The van der Waals surface area contributed by atoms with Crippen LogP contribution < -0.4 is 16.0 Å². The molecule has 2 saturated heterocycles. The Balaban J connectivity index is 1.43. The van der Waals surface area contributed by atoms with Gasteiger partial charge in [0.1, 0.15) is 11.5 Å². The van der Waals surface area contributed by atoms with Gasteiger partial charge in [-0.1, -0.05) is 6.07 Å². The summed E-state index contributed by atoms with van der Waals surface area (Å²) in [5.74, 6) is 0.908. The Hall–Kier alpha value is -2.78. The Kier molecular flexibility index (Phi) is 7.39. The van der Waals surface area contributed by atoms with Crippen molar-refractivity contribution in [1.82, 2.24) is 19.2 Å². The van der Waals surface area contributed by atoms with E-state index in [1.54, 1.807) is 25.2 Å². The number of nitrogens with two attached hydrogens (primary N) is 1. The van der Waals surface area contributed by atoms with Gasteiger partial charge in [-0.25, -0.2) is 9.29 Å². The molecule has 4 heterocycles. The standard InChI is InChI=1S/C24H33N7OS/c1-17-22(33-31-12-8-18(14-25)20(16-31)26-2)13-21(29(17)3)24(32)28-15-19-7-6-9-27-23(19)30-10-4-5-11-30/h6-7,9,13-14H,4-5,8,10-12,15-16,25H2,1-3H3,(H,28,32)/b18-14-,26-20?. The minimum Gasteiger partial charge on any atom is -0.404 e. The van der Waals surface area contributed by atoms with Gasteiger partial charge >= 0.3 is 0 Å². The molecular weight excluding hydrogens is 434 g/mol. The first-order valence-electron chi connectivity index (χ1n) is 11.4. The van der Waals surface area contributed by atoms with Crippen LogP contribution in [-0.2, 0) is 13.6 Å². The fourth-order valence-corrected chi connectivity index (χ4v) is 5.46. The predicted octanol–water partition coefficient (Wildman–Crippen LogP) is 2.88. The Bertz CT molecular complexity index is 1070. The van der Waals surface area contributed by atoms with E-state index in [2.05, 4.69) is 31.4 Å². The number of hydrogen-bond acceptors (Lipinski definition) is 7. The molecule has 4 rings (SSSR count). The van der Waals surface area contributed by atoms with Crippen molar-refractivity contribution in [2.75, 3.05) is 38.1 Å². The Labute approximate surface area is 200 Å². The highest BCUT2D eigenvalue weighted by Crippen LogP contribution is 2.31. The Morgan fingerprint density at radius 3 is 2.85 bits per heavy atom. The number of aromatic nitrogens is 2. The summed E-state index contributed by atoms with van der Waals surface area (Å²) in [6, 6.07) is 5.96. The number of hydrogen-bond donors (Lipinski definition) is 2. The fourth-order valence-electron chi connectivity index (χ4n) is 4.38. The van der Waals surface area contributed by atoms with E-state index in [1.165, 1.54) is 12.8 Å². The third-order valence-electron chi connectivity index (χ3n) is 6.46. The van der Waals surface area contributed by atoms with E-state index in [4.69, 9.17) is 5.73 Å². The minimum atomic E-state index is -0.0773. The van der Waals surface area contributed by atoms with Gasteiger partial charge in [-0.15, -0.1) is 0 Å². The number of anilines is 1. The quantitative estimate of drug-likeness (QED) is 0.635. The number of aliphatic imine (C=N–C) groups is 1. The van der Waals surface area contributed by atoms with Crippen LogP contribution in [0.25, 0.3) is 0 Å². The van der Waals surface area contributed by atoms with Crippen LogP contribution in [0.5, 0.6) is 0 Å². The number of amides is 1. The van der Waals surface area contributed by atoms with E-state index < -0.39 is 0 Å². The smallest absolute Gasteiger partial charge is 0.268 e. The summed E-state index contributed by atoms with van der Waals surface area (Å²) < 4.78 is 4.24. The molecule has 0 aliphatic carbocycles. The molecule has 1 amide bonds. The van der Waals surface area contributed by atoms with Gasteiger partial charge < -0.3 is 20.5 Å². The van der Waals surface area contributed by atoms with Crippen molar-refractivity contribution < 1.29 is 4.79 Å². The molecule has 33 heavy (non-hydrogen) atoms. The summed E-state index contributed by atoms with van der Waals surface area (Å²) >= 11 is 1.68. The first-order valence-corrected chi connectivity index (χ1v) is 12.2. The van der Waals surface area contributed by atoms with Crippen LogP contribution in [0.3, 0.4) is 0 Å². The molecule has 2 fully saturated rings. The summed E-state index contributed by atoms with van der Waals surface area (Å²) in [6.45, 7) is 6.19. The Morgan fingerprint density at radius 2 is 2.12 bits per heavy atom. The van der Waals surface area contributed by atoms with E-state index in [9.17, 15) is 4.79 Å². The predicted molar refractivity (Wildman–Crippen MR) is 135 cm³/mol. The third kappa shape index (κ3) is 5.09. The van der Waals surface area contributed by atoms with Crippen LogP contribution >= 0.6 is 11.9 Å². The van der Waals surface area contributed by atoms with Gasteiger partial charge in [0.05, 0.1) is 12.3 Å². The number of pyridine rings is 1. The lowest BCUT2D eigenvalue weighted by Crippen LogP contribution is -2.32. The zero-order valence-corrected chi connectivity index (χ0v) is 20.5. The lowest BCUT2D eigenvalue weighted by molar-refractivity contribution is 0.0942. The third-order valence-corrected chi connectivity index (χ3v) is 7.64. The van der Waals surface area contributed by atoms with Crippen molar-refractivity contribution in [2.24, 2.45) is 17.8 Å². The summed E-state index contributed by atoms with van der Waals surface area (Å²) in [6.07, 6.45) is 6.75. The molecule has 0 spiro atoms. The second kappa shape index (κ2) is 10.4. The number of nitrogens with zero attached hydrogens (tertiary/aromatic N) is 5. The molecular formula is C24H33N7OS. The van der Waals surface area contributed by atoms with Crippen LogP contribution in [0.1, 0.15) is 41.0 Å². The summed E-state index contributed by atoms with van der Waals surface area (Å²) in [7, 11) is 3.75. The largest absolute Gasteiger partial charge is 0.404 e. The minimum absolute atomic E-state index is 0.0773. The monoisotopic (exact) mass is 467 g/mol.